The number of hydrogen-bond acceptors (Lipinski definition) is 6. The number of rotatable bonds is 8. The van der Waals surface area contributed by atoms with E-state index in [1.165, 1.54) is 0 Å². The van der Waals surface area contributed by atoms with Crippen LogP contribution in [0.3, 0.4) is 0 Å². The van der Waals surface area contributed by atoms with Crippen LogP contribution in [0.15, 0.2) is 36.4 Å². The van der Waals surface area contributed by atoms with E-state index in [2.05, 4.69) is 0 Å². The molecule has 0 unspecified atom stereocenters. The largest absolute Gasteiger partial charge is 0.493 e. The van der Waals surface area contributed by atoms with Crippen LogP contribution in [-0.2, 0) is 0 Å². The molecule has 0 bridgehead atoms. The monoisotopic (exact) mass is 330 g/mol. The van der Waals surface area contributed by atoms with Gasteiger partial charge in [0, 0.05) is 18.1 Å². The van der Waals surface area contributed by atoms with Crippen LogP contribution in [0.4, 0.5) is 0 Å². The van der Waals surface area contributed by atoms with E-state index in [1.807, 2.05) is 18.2 Å². The number of methoxy groups -OCH3 is 1. The van der Waals surface area contributed by atoms with Gasteiger partial charge in [0.1, 0.15) is 12.0 Å². The van der Waals surface area contributed by atoms with Crippen LogP contribution < -0.4 is 23.7 Å². The normalized spacial score (nSPS) is 11.9. The van der Waals surface area contributed by atoms with Crippen LogP contribution in [0.25, 0.3) is 0 Å². The van der Waals surface area contributed by atoms with Gasteiger partial charge in [-0.1, -0.05) is 0 Å². The van der Waals surface area contributed by atoms with Crippen LogP contribution in [-0.4, -0.2) is 33.4 Å². The van der Waals surface area contributed by atoms with Crippen LogP contribution in [0, 0.1) is 0 Å². The van der Waals surface area contributed by atoms with E-state index >= 15 is 0 Å². The van der Waals surface area contributed by atoms with E-state index in [1.54, 1.807) is 25.3 Å². The summed E-state index contributed by atoms with van der Waals surface area (Å²) in [4.78, 5) is 10.8. The molecule has 3 rings (SSSR count). The summed E-state index contributed by atoms with van der Waals surface area (Å²) >= 11 is 0. The minimum atomic E-state index is 0.247. The van der Waals surface area contributed by atoms with Gasteiger partial charge in [-0.15, -0.1) is 0 Å². The van der Waals surface area contributed by atoms with E-state index in [-0.39, 0.29) is 6.79 Å². The van der Waals surface area contributed by atoms with E-state index < -0.39 is 0 Å². The molecule has 0 fully saturated rings. The Morgan fingerprint density at radius 3 is 2.67 bits per heavy atom. The lowest BCUT2D eigenvalue weighted by molar-refractivity contribution is 0.112. The molecule has 2 aromatic carbocycles. The number of carbonyl (C=O) groups excluding carboxylic acids is 1. The summed E-state index contributed by atoms with van der Waals surface area (Å²) in [6.07, 6.45) is 1.47. The lowest BCUT2D eigenvalue weighted by Gasteiger charge is -2.11. The lowest BCUT2D eigenvalue weighted by Crippen LogP contribution is -2.05. The average molecular weight is 330 g/mol. The summed E-state index contributed by atoms with van der Waals surface area (Å²) in [5.74, 6) is 3.30. The van der Waals surface area contributed by atoms with Crippen molar-refractivity contribution in [3.8, 4) is 28.7 Å². The van der Waals surface area contributed by atoms with Gasteiger partial charge in [0.25, 0.3) is 0 Å². The Bertz CT molecular complexity index is 713. The first-order valence-electron chi connectivity index (χ1n) is 7.58. The SMILES string of the molecule is COc1cc(C=O)ccc1OCCCOc1ccc2c(c1)OCO2. The number of benzene rings is 2. The molecule has 1 heterocycles. The summed E-state index contributed by atoms with van der Waals surface area (Å²) in [7, 11) is 1.54. The van der Waals surface area contributed by atoms with Crippen molar-refractivity contribution in [1.82, 2.24) is 0 Å². The average Bonchev–Trinajstić information content (AvgIpc) is 3.09. The highest BCUT2D eigenvalue weighted by Gasteiger charge is 2.13. The van der Waals surface area contributed by atoms with Crippen LogP contribution in [0.2, 0.25) is 0 Å². The van der Waals surface area contributed by atoms with Gasteiger partial charge in [0.15, 0.2) is 23.0 Å². The molecule has 2 aromatic rings. The second-order valence-electron chi connectivity index (χ2n) is 5.09. The van der Waals surface area contributed by atoms with Crippen molar-refractivity contribution in [2.24, 2.45) is 0 Å². The van der Waals surface area contributed by atoms with Gasteiger partial charge in [-0.25, -0.2) is 0 Å². The molecule has 0 radical (unpaired) electrons. The summed E-state index contributed by atoms with van der Waals surface area (Å²) in [5.41, 5.74) is 0.547. The molecule has 0 saturated heterocycles. The first kappa shape index (κ1) is 16.0. The maximum Gasteiger partial charge on any atom is 0.231 e. The highest BCUT2D eigenvalue weighted by atomic mass is 16.7. The number of aldehydes is 1. The van der Waals surface area contributed by atoms with Crippen molar-refractivity contribution in [1.29, 1.82) is 0 Å². The third-order valence-corrected chi connectivity index (χ3v) is 3.48. The molecule has 1 aliphatic rings. The van der Waals surface area contributed by atoms with Gasteiger partial charge >= 0.3 is 0 Å². The number of fused-ring (bicyclic) bond motifs is 1. The van der Waals surface area contributed by atoms with Crippen molar-refractivity contribution in [2.75, 3.05) is 27.1 Å². The van der Waals surface area contributed by atoms with E-state index in [4.69, 9.17) is 23.7 Å². The highest BCUT2D eigenvalue weighted by molar-refractivity contribution is 5.76. The van der Waals surface area contributed by atoms with E-state index in [0.717, 1.165) is 17.8 Å². The van der Waals surface area contributed by atoms with Crippen molar-refractivity contribution in [2.45, 2.75) is 6.42 Å². The second-order valence-corrected chi connectivity index (χ2v) is 5.09. The smallest absolute Gasteiger partial charge is 0.231 e. The first-order valence-corrected chi connectivity index (χ1v) is 7.58. The fourth-order valence-corrected chi connectivity index (χ4v) is 2.27. The Morgan fingerprint density at radius 1 is 1.00 bits per heavy atom. The van der Waals surface area contributed by atoms with Crippen molar-refractivity contribution >= 4 is 6.29 Å². The Kier molecular flexibility index (Phi) is 5.05. The molecule has 0 aliphatic carbocycles. The third-order valence-electron chi connectivity index (χ3n) is 3.48. The Balaban J connectivity index is 1.45. The lowest BCUT2D eigenvalue weighted by atomic mass is 10.2. The fourth-order valence-electron chi connectivity index (χ4n) is 2.27. The number of hydrogen-bond donors (Lipinski definition) is 0. The van der Waals surface area contributed by atoms with Gasteiger partial charge < -0.3 is 23.7 Å². The highest BCUT2D eigenvalue weighted by Crippen LogP contribution is 2.35. The van der Waals surface area contributed by atoms with Crippen LogP contribution >= 0.6 is 0 Å². The molecule has 0 atom stereocenters. The quantitative estimate of drug-likeness (QED) is 0.547. The van der Waals surface area contributed by atoms with Gasteiger partial charge in [0.05, 0.1) is 20.3 Å². The van der Waals surface area contributed by atoms with E-state index in [0.29, 0.717) is 42.4 Å². The Labute approximate surface area is 139 Å². The van der Waals surface area contributed by atoms with Gasteiger partial charge in [-0.05, 0) is 30.3 Å². The molecule has 0 aromatic heterocycles. The maximum absolute atomic E-state index is 10.8. The molecule has 0 saturated carbocycles. The summed E-state index contributed by atoms with van der Waals surface area (Å²) in [6, 6.07) is 10.5. The topological polar surface area (TPSA) is 63.2 Å². The molecule has 6 heteroatoms. The molecule has 24 heavy (non-hydrogen) atoms. The minimum Gasteiger partial charge on any atom is -0.493 e. The number of ether oxygens (including phenoxy) is 5. The minimum absolute atomic E-state index is 0.247. The Morgan fingerprint density at radius 2 is 1.83 bits per heavy atom. The summed E-state index contributed by atoms with van der Waals surface area (Å²) < 4.78 is 27.1. The summed E-state index contributed by atoms with van der Waals surface area (Å²) in [5, 5.41) is 0. The molecular weight excluding hydrogens is 312 g/mol. The molecule has 0 N–H and O–H groups in total. The number of carbonyl (C=O) groups is 1. The molecule has 126 valence electrons. The van der Waals surface area contributed by atoms with Gasteiger partial charge in [0.2, 0.25) is 6.79 Å². The zero-order valence-corrected chi connectivity index (χ0v) is 13.3. The van der Waals surface area contributed by atoms with E-state index in [9.17, 15) is 4.79 Å². The van der Waals surface area contributed by atoms with Crippen molar-refractivity contribution in [3.63, 3.8) is 0 Å². The molecule has 0 spiro atoms. The fraction of sp³-hybridized carbons (Fsp3) is 0.278. The Hall–Kier alpha value is -2.89. The van der Waals surface area contributed by atoms with Gasteiger partial charge in [-0.2, -0.15) is 0 Å². The predicted molar refractivity (Wildman–Crippen MR) is 86.6 cm³/mol. The third kappa shape index (κ3) is 3.71. The maximum atomic E-state index is 10.8. The zero-order chi connectivity index (χ0) is 16.8. The van der Waals surface area contributed by atoms with Gasteiger partial charge in [-0.3, -0.25) is 4.79 Å². The van der Waals surface area contributed by atoms with Crippen LogP contribution in [0.1, 0.15) is 16.8 Å². The van der Waals surface area contributed by atoms with Crippen molar-refractivity contribution < 1.29 is 28.5 Å². The molecule has 6 nitrogen and oxygen atoms in total. The molecular formula is C18H18O6. The summed E-state index contributed by atoms with van der Waals surface area (Å²) in [6.45, 7) is 1.23. The second kappa shape index (κ2) is 7.59. The predicted octanol–water partition coefficient (Wildman–Crippen LogP) is 3.08. The molecule has 0 amide bonds. The first-order chi connectivity index (χ1) is 11.8. The van der Waals surface area contributed by atoms with Crippen LogP contribution in [0.5, 0.6) is 28.7 Å². The molecule has 1 aliphatic heterocycles. The van der Waals surface area contributed by atoms with Crippen molar-refractivity contribution in [3.05, 3.63) is 42.0 Å². The standard InChI is InChI=1S/C18H18O6/c1-20-17-9-13(11-19)3-5-15(17)22-8-2-7-21-14-4-6-16-18(10-14)24-12-23-16/h3-6,9-11H,2,7-8,12H2,1H3. The zero-order valence-electron chi connectivity index (χ0n) is 13.3.